The molecule has 0 saturated heterocycles. The first-order chi connectivity index (χ1) is 8.69. The van der Waals surface area contributed by atoms with Crippen LogP contribution in [0.2, 0.25) is 0 Å². The van der Waals surface area contributed by atoms with Gasteiger partial charge in [0.05, 0.1) is 12.1 Å². The molecule has 18 heavy (non-hydrogen) atoms. The maximum atomic E-state index is 11.2. The van der Waals surface area contributed by atoms with Crippen LogP contribution in [0.15, 0.2) is 30.3 Å². The number of hydrogen-bond donors (Lipinski definition) is 0. The van der Waals surface area contributed by atoms with Gasteiger partial charge in [-0.2, -0.15) is 0 Å². The summed E-state index contributed by atoms with van der Waals surface area (Å²) in [5, 5.41) is 0.988. The Kier molecular flexibility index (Phi) is 3.77. The molecule has 0 fully saturated rings. The lowest BCUT2D eigenvalue weighted by Crippen LogP contribution is -2.14. The number of benzene rings is 1. The van der Waals surface area contributed by atoms with Crippen LogP contribution in [0.4, 0.5) is 0 Å². The molecule has 0 aliphatic heterocycles. The minimum absolute atomic E-state index is 0.0708. The summed E-state index contributed by atoms with van der Waals surface area (Å²) in [6, 6.07) is 9.46. The predicted molar refractivity (Wildman–Crippen MR) is 68.6 cm³/mol. The number of nitrogens with zero attached hydrogens (tertiary/aromatic N) is 1. The minimum atomic E-state index is -0.361. The number of ether oxygens (including phenoxy) is 2. The number of hydrogen-bond acceptors (Lipinski definition) is 4. The van der Waals surface area contributed by atoms with Crippen LogP contribution in [-0.4, -0.2) is 24.2 Å². The van der Waals surface area contributed by atoms with Crippen molar-refractivity contribution in [1.29, 1.82) is 0 Å². The van der Waals surface area contributed by atoms with Crippen molar-refractivity contribution in [2.75, 3.05) is 13.2 Å². The fourth-order valence-electron chi connectivity index (χ4n) is 1.64. The van der Waals surface area contributed by atoms with Crippen LogP contribution in [0, 0.1) is 6.92 Å². The molecular weight excluding hydrogens is 230 g/mol. The number of aromatic nitrogens is 1. The summed E-state index contributed by atoms with van der Waals surface area (Å²) >= 11 is 0. The number of carbonyl (C=O) groups is 1. The number of fused-ring (bicyclic) bond motifs is 1. The van der Waals surface area contributed by atoms with E-state index >= 15 is 0 Å². The molecule has 2 aromatic rings. The van der Waals surface area contributed by atoms with Gasteiger partial charge < -0.3 is 9.47 Å². The molecular formula is C14H15NO3. The fraction of sp³-hybridized carbons (Fsp3) is 0.286. The van der Waals surface area contributed by atoms with Crippen molar-refractivity contribution in [3.63, 3.8) is 0 Å². The van der Waals surface area contributed by atoms with Crippen LogP contribution < -0.4 is 4.74 Å². The van der Waals surface area contributed by atoms with Crippen molar-refractivity contribution in [1.82, 2.24) is 4.98 Å². The topological polar surface area (TPSA) is 48.4 Å². The molecule has 0 N–H and O–H groups in total. The van der Waals surface area contributed by atoms with E-state index in [0.717, 1.165) is 16.6 Å². The summed E-state index contributed by atoms with van der Waals surface area (Å²) < 4.78 is 10.1. The molecule has 1 aromatic carbocycles. The first-order valence-electron chi connectivity index (χ1n) is 5.85. The number of pyridine rings is 1. The predicted octanol–water partition coefficient (Wildman–Crippen LogP) is 2.49. The molecule has 2 rings (SSSR count). The number of aryl methyl sites for hydroxylation is 1. The average Bonchev–Trinajstić information content (AvgIpc) is 2.36. The zero-order valence-corrected chi connectivity index (χ0v) is 10.5. The third kappa shape index (κ3) is 2.97. The SMILES string of the molecule is CCOC(=O)COc1ccc2nc(C)ccc2c1. The highest BCUT2D eigenvalue weighted by molar-refractivity contribution is 5.80. The normalized spacial score (nSPS) is 10.3. The van der Waals surface area contributed by atoms with Gasteiger partial charge in [0, 0.05) is 11.1 Å². The van der Waals surface area contributed by atoms with Crippen molar-refractivity contribution >= 4 is 16.9 Å². The largest absolute Gasteiger partial charge is 0.482 e. The van der Waals surface area contributed by atoms with Crippen molar-refractivity contribution in [3.05, 3.63) is 36.0 Å². The summed E-state index contributed by atoms with van der Waals surface area (Å²) in [5.74, 6) is 0.279. The van der Waals surface area contributed by atoms with Gasteiger partial charge in [-0.1, -0.05) is 6.07 Å². The Morgan fingerprint density at radius 3 is 2.89 bits per heavy atom. The van der Waals surface area contributed by atoms with Crippen molar-refractivity contribution in [2.45, 2.75) is 13.8 Å². The molecule has 0 aliphatic rings. The molecule has 0 saturated carbocycles. The Balaban J connectivity index is 2.10. The third-order valence-corrected chi connectivity index (χ3v) is 2.46. The Morgan fingerprint density at radius 2 is 2.11 bits per heavy atom. The lowest BCUT2D eigenvalue weighted by molar-refractivity contribution is -0.145. The van der Waals surface area contributed by atoms with Crippen LogP contribution in [-0.2, 0) is 9.53 Å². The van der Waals surface area contributed by atoms with Crippen LogP contribution in [0.3, 0.4) is 0 Å². The molecule has 0 spiro atoms. The average molecular weight is 245 g/mol. The molecule has 1 aromatic heterocycles. The van der Waals surface area contributed by atoms with Gasteiger partial charge in [-0.3, -0.25) is 4.98 Å². The molecule has 0 unspecified atom stereocenters. The highest BCUT2D eigenvalue weighted by Gasteiger charge is 2.04. The smallest absolute Gasteiger partial charge is 0.344 e. The zero-order valence-electron chi connectivity index (χ0n) is 10.5. The minimum Gasteiger partial charge on any atom is -0.482 e. The summed E-state index contributed by atoms with van der Waals surface area (Å²) in [7, 11) is 0. The van der Waals surface area contributed by atoms with Crippen LogP contribution >= 0.6 is 0 Å². The van der Waals surface area contributed by atoms with Gasteiger partial charge in [0.1, 0.15) is 5.75 Å². The fourth-order valence-corrected chi connectivity index (χ4v) is 1.64. The molecule has 0 bridgehead atoms. The van der Waals surface area contributed by atoms with Gasteiger partial charge in [-0.05, 0) is 38.1 Å². The van der Waals surface area contributed by atoms with Crippen molar-refractivity contribution in [3.8, 4) is 5.75 Å². The Labute approximate surface area is 106 Å². The van der Waals surface area contributed by atoms with E-state index in [0.29, 0.717) is 12.4 Å². The number of carbonyl (C=O) groups excluding carboxylic acids is 1. The van der Waals surface area contributed by atoms with Crippen LogP contribution in [0.5, 0.6) is 5.75 Å². The molecule has 0 amide bonds. The lowest BCUT2D eigenvalue weighted by atomic mass is 10.2. The molecule has 94 valence electrons. The molecule has 4 nitrogen and oxygen atoms in total. The summed E-state index contributed by atoms with van der Waals surface area (Å²) in [4.78, 5) is 15.6. The monoisotopic (exact) mass is 245 g/mol. The van der Waals surface area contributed by atoms with Gasteiger partial charge in [0.25, 0.3) is 0 Å². The first-order valence-corrected chi connectivity index (χ1v) is 5.85. The quantitative estimate of drug-likeness (QED) is 0.776. The van der Waals surface area contributed by atoms with E-state index in [1.54, 1.807) is 13.0 Å². The lowest BCUT2D eigenvalue weighted by Gasteiger charge is -2.06. The second-order valence-electron chi connectivity index (χ2n) is 3.90. The van der Waals surface area contributed by atoms with Gasteiger partial charge in [0.15, 0.2) is 6.61 Å². The van der Waals surface area contributed by atoms with E-state index in [9.17, 15) is 4.79 Å². The van der Waals surface area contributed by atoms with E-state index in [4.69, 9.17) is 9.47 Å². The second kappa shape index (κ2) is 5.49. The maximum Gasteiger partial charge on any atom is 0.344 e. The van der Waals surface area contributed by atoms with Gasteiger partial charge in [0.2, 0.25) is 0 Å². The van der Waals surface area contributed by atoms with Gasteiger partial charge in [-0.15, -0.1) is 0 Å². The summed E-state index contributed by atoms with van der Waals surface area (Å²) in [6.07, 6.45) is 0. The molecule has 0 aliphatic carbocycles. The number of esters is 1. The van der Waals surface area contributed by atoms with Gasteiger partial charge >= 0.3 is 5.97 Å². The van der Waals surface area contributed by atoms with Gasteiger partial charge in [-0.25, -0.2) is 4.79 Å². The highest BCUT2D eigenvalue weighted by Crippen LogP contribution is 2.19. The molecule has 4 heteroatoms. The summed E-state index contributed by atoms with van der Waals surface area (Å²) in [6.45, 7) is 4.01. The van der Waals surface area contributed by atoms with Crippen LogP contribution in [0.25, 0.3) is 10.9 Å². The third-order valence-electron chi connectivity index (χ3n) is 2.46. The van der Waals surface area contributed by atoms with E-state index < -0.39 is 0 Å². The standard InChI is InChI=1S/C14H15NO3/c1-3-17-14(16)9-18-12-6-7-13-11(8-12)5-4-10(2)15-13/h4-8H,3,9H2,1-2H3. The van der Waals surface area contributed by atoms with E-state index in [1.165, 1.54) is 0 Å². The molecule has 0 radical (unpaired) electrons. The second-order valence-corrected chi connectivity index (χ2v) is 3.90. The summed E-state index contributed by atoms with van der Waals surface area (Å²) in [5.41, 5.74) is 1.89. The highest BCUT2D eigenvalue weighted by atomic mass is 16.6. The number of rotatable bonds is 4. The zero-order chi connectivity index (χ0) is 13.0. The van der Waals surface area contributed by atoms with E-state index in [2.05, 4.69) is 4.98 Å². The van der Waals surface area contributed by atoms with Crippen molar-refractivity contribution in [2.24, 2.45) is 0 Å². The van der Waals surface area contributed by atoms with E-state index in [1.807, 2.05) is 31.2 Å². The maximum absolute atomic E-state index is 11.2. The Bertz CT molecular complexity index is 566. The van der Waals surface area contributed by atoms with E-state index in [-0.39, 0.29) is 12.6 Å². The first kappa shape index (κ1) is 12.4. The molecule has 0 atom stereocenters. The Morgan fingerprint density at radius 1 is 1.28 bits per heavy atom. The molecule has 1 heterocycles. The Hall–Kier alpha value is -2.10. The van der Waals surface area contributed by atoms with Crippen LogP contribution in [0.1, 0.15) is 12.6 Å². The van der Waals surface area contributed by atoms with Crippen molar-refractivity contribution < 1.29 is 14.3 Å².